The zero-order valence-corrected chi connectivity index (χ0v) is 18.5. The molecule has 0 spiro atoms. The minimum absolute atomic E-state index is 0.0873. The van der Waals surface area contributed by atoms with E-state index in [1.807, 2.05) is 39.0 Å². The third kappa shape index (κ3) is 3.37. The number of hydrogen-bond acceptors (Lipinski definition) is 4. The smallest absolute Gasteiger partial charge is 0.289 e. The number of likely N-dealkylation sites (tertiary alicyclic amines) is 1. The molecule has 30 heavy (non-hydrogen) atoms. The van der Waals surface area contributed by atoms with Gasteiger partial charge in [-0.2, -0.15) is 0 Å². The monoisotopic (exact) mass is 426 g/mol. The van der Waals surface area contributed by atoms with Gasteiger partial charge < -0.3 is 9.32 Å². The van der Waals surface area contributed by atoms with Crippen molar-refractivity contribution in [3.05, 3.63) is 58.3 Å². The van der Waals surface area contributed by atoms with E-state index in [1.54, 1.807) is 24.0 Å². The Balaban J connectivity index is 1.89. The molecule has 0 atom stereocenters. The maximum atomic E-state index is 13.4. The molecule has 3 aromatic rings. The summed E-state index contributed by atoms with van der Waals surface area (Å²) in [7, 11) is -3.93. The molecule has 4 rings (SSSR count). The summed E-state index contributed by atoms with van der Waals surface area (Å²) in [5, 5.41) is 0.658. The summed E-state index contributed by atoms with van der Waals surface area (Å²) in [5.74, 6) is 0.0518. The van der Waals surface area contributed by atoms with Gasteiger partial charge in [0, 0.05) is 24.0 Å². The lowest BCUT2D eigenvalue weighted by Gasteiger charge is -2.14. The van der Waals surface area contributed by atoms with Crippen molar-refractivity contribution in [1.82, 2.24) is 4.90 Å². The number of nitrogens with one attached hydrogen (secondary N) is 1. The maximum absolute atomic E-state index is 13.4. The second kappa shape index (κ2) is 7.47. The molecule has 7 heteroatoms. The number of carbonyl (C=O) groups is 1. The van der Waals surface area contributed by atoms with Crippen molar-refractivity contribution >= 4 is 32.6 Å². The summed E-state index contributed by atoms with van der Waals surface area (Å²) in [6.45, 7) is 8.70. The Morgan fingerprint density at radius 3 is 2.33 bits per heavy atom. The normalized spacial score (nSPS) is 14.5. The largest absolute Gasteiger partial charge is 0.449 e. The van der Waals surface area contributed by atoms with Crippen LogP contribution in [0.1, 0.15) is 45.7 Å². The number of carbonyl (C=O) groups excluding carboxylic acids is 1. The van der Waals surface area contributed by atoms with Crippen LogP contribution in [0.4, 0.5) is 5.69 Å². The van der Waals surface area contributed by atoms with Gasteiger partial charge in [0.05, 0.1) is 5.69 Å². The summed E-state index contributed by atoms with van der Waals surface area (Å²) in [4.78, 5) is 14.8. The first-order valence-electron chi connectivity index (χ1n) is 10.1. The number of amides is 1. The van der Waals surface area contributed by atoms with Gasteiger partial charge in [-0.1, -0.05) is 18.2 Å². The van der Waals surface area contributed by atoms with Crippen molar-refractivity contribution in [2.45, 2.75) is 45.4 Å². The second-order valence-electron chi connectivity index (χ2n) is 8.00. The van der Waals surface area contributed by atoms with Crippen molar-refractivity contribution in [2.75, 3.05) is 17.8 Å². The number of anilines is 1. The molecule has 0 bridgehead atoms. The number of fused-ring (bicyclic) bond motifs is 1. The highest BCUT2D eigenvalue weighted by molar-refractivity contribution is 7.93. The molecule has 0 saturated carbocycles. The number of rotatable bonds is 4. The Bertz CT molecular complexity index is 1250. The Morgan fingerprint density at radius 2 is 1.67 bits per heavy atom. The number of sulfonamides is 1. The fraction of sp³-hybridized carbons (Fsp3) is 0.348. The lowest BCUT2D eigenvalue weighted by atomic mass is 10.0. The topological polar surface area (TPSA) is 79.6 Å². The number of hydrogen-bond donors (Lipinski definition) is 1. The van der Waals surface area contributed by atoms with Crippen LogP contribution in [0.25, 0.3) is 11.0 Å². The van der Waals surface area contributed by atoms with Crippen LogP contribution in [-0.4, -0.2) is 32.3 Å². The van der Waals surface area contributed by atoms with Crippen LogP contribution in [0.5, 0.6) is 0 Å². The Morgan fingerprint density at radius 1 is 1.00 bits per heavy atom. The number of benzene rings is 2. The zero-order valence-electron chi connectivity index (χ0n) is 17.7. The molecule has 2 aromatic carbocycles. The number of para-hydroxylation sites is 1. The number of aryl methyl sites for hydroxylation is 3. The van der Waals surface area contributed by atoms with Crippen molar-refractivity contribution in [3.8, 4) is 0 Å². The summed E-state index contributed by atoms with van der Waals surface area (Å²) in [5.41, 5.74) is 3.69. The molecule has 0 radical (unpaired) electrons. The van der Waals surface area contributed by atoms with Crippen LogP contribution in [0, 0.1) is 27.7 Å². The molecule has 1 aromatic heterocycles. The lowest BCUT2D eigenvalue weighted by molar-refractivity contribution is 0.0762. The van der Waals surface area contributed by atoms with Gasteiger partial charge >= 0.3 is 0 Å². The molecule has 1 aliphatic rings. The van der Waals surface area contributed by atoms with Crippen molar-refractivity contribution in [3.63, 3.8) is 0 Å². The predicted octanol–water partition coefficient (Wildman–Crippen LogP) is 4.70. The van der Waals surface area contributed by atoms with Crippen LogP contribution in [0.3, 0.4) is 0 Å². The van der Waals surface area contributed by atoms with Gasteiger partial charge in [0.1, 0.15) is 4.90 Å². The van der Waals surface area contributed by atoms with Crippen molar-refractivity contribution in [1.29, 1.82) is 0 Å². The first-order chi connectivity index (χ1) is 14.2. The summed E-state index contributed by atoms with van der Waals surface area (Å²) in [6.07, 6.45) is 1.95. The second-order valence-corrected chi connectivity index (χ2v) is 9.62. The average molecular weight is 427 g/mol. The minimum atomic E-state index is -3.93. The molecule has 1 N–H and O–H groups in total. The van der Waals surface area contributed by atoms with Crippen LogP contribution in [-0.2, 0) is 10.0 Å². The predicted molar refractivity (Wildman–Crippen MR) is 118 cm³/mol. The van der Waals surface area contributed by atoms with Crippen LogP contribution < -0.4 is 4.72 Å². The standard InChI is InChI=1S/C23H26N2O4S/c1-14-9-5-6-10-19(14)24-30(27,28)22-16(3)15(2)13-18-17(4)20(29-21(18)22)23(26)25-11-7-8-12-25/h5-6,9-10,13,24H,7-8,11-12H2,1-4H3. The van der Waals surface area contributed by atoms with E-state index in [2.05, 4.69) is 4.72 Å². The van der Waals surface area contributed by atoms with E-state index in [9.17, 15) is 13.2 Å². The van der Waals surface area contributed by atoms with E-state index in [0.717, 1.165) is 24.0 Å². The van der Waals surface area contributed by atoms with Gasteiger partial charge in [-0.15, -0.1) is 0 Å². The van der Waals surface area contributed by atoms with Crippen molar-refractivity contribution < 1.29 is 17.6 Å². The third-order valence-corrected chi connectivity index (χ3v) is 7.46. The van der Waals surface area contributed by atoms with Gasteiger partial charge in [0.2, 0.25) is 0 Å². The Hall–Kier alpha value is -2.80. The van der Waals surface area contributed by atoms with Crippen LogP contribution in [0.2, 0.25) is 0 Å². The molecular formula is C23H26N2O4S. The lowest BCUT2D eigenvalue weighted by Crippen LogP contribution is -2.27. The van der Waals surface area contributed by atoms with Crippen LogP contribution >= 0.6 is 0 Å². The molecule has 6 nitrogen and oxygen atoms in total. The van der Waals surface area contributed by atoms with Gasteiger partial charge in [0.15, 0.2) is 11.3 Å². The summed E-state index contributed by atoms with van der Waals surface area (Å²) in [6, 6.07) is 9.12. The minimum Gasteiger partial charge on any atom is -0.449 e. The fourth-order valence-corrected chi connectivity index (χ4v) is 5.60. The highest BCUT2D eigenvalue weighted by atomic mass is 32.2. The molecule has 1 aliphatic heterocycles. The Labute approximate surface area is 176 Å². The van der Waals surface area contributed by atoms with Gasteiger partial charge in [-0.05, 0) is 69.4 Å². The van der Waals surface area contributed by atoms with Crippen molar-refractivity contribution in [2.24, 2.45) is 0 Å². The molecule has 1 saturated heterocycles. The van der Waals surface area contributed by atoms with E-state index < -0.39 is 10.0 Å². The first-order valence-corrected chi connectivity index (χ1v) is 11.6. The molecular weight excluding hydrogens is 400 g/mol. The molecule has 0 unspecified atom stereocenters. The third-order valence-electron chi connectivity index (χ3n) is 5.94. The molecule has 1 fully saturated rings. The van der Waals surface area contributed by atoms with Gasteiger partial charge in [-0.3, -0.25) is 9.52 Å². The fourth-order valence-electron chi connectivity index (χ4n) is 4.02. The number of nitrogens with zero attached hydrogens (tertiary/aromatic N) is 1. The summed E-state index contributed by atoms with van der Waals surface area (Å²) < 4.78 is 35.5. The van der Waals surface area contributed by atoms with Crippen LogP contribution in [0.15, 0.2) is 39.6 Å². The first kappa shape index (κ1) is 20.5. The van der Waals surface area contributed by atoms with E-state index in [4.69, 9.17) is 4.42 Å². The van der Waals surface area contributed by atoms with E-state index in [0.29, 0.717) is 35.3 Å². The average Bonchev–Trinajstić information content (AvgIpc) is 3.33. The van der Waals surface area contributed by atoms with Gasteiger partial charge in [0.25, 0.3) is 15.9 Å². The Kier molecular flexibility index (Phi) is 5.10. The van der Waals surface area contributed by atoms with Gasteiger partial charge in [-0.25, -0.2) is 8.42 Å². The van der Waals surface area contributed by atoms with E-state index in [-0.39, 0.29) is 22.1 Å². The summed E-state index contributed by atoms with van der Waals surface area (Å²) >= 11 is 0. The van der Waals surface area contributed by atoms with E-state index in [1.165, 1.54) is 0 Å². The zero-order chi connectivity index (χ0) is 21.6. The number of furan rings is 1. The molecule has 1 amide bonds. The molecule has 0 aliphatic carbocycles. The molecule has 158 valence electrons. The highest BCUT2D eigenvalue weighted by Gasteiger charge is 2.30. The molecule has 2 heterocycles. The highest BCUT2D eigenvalue weighted by Crippen LogP contribution is 2.36. The maximum Gasteiger partial charge on any atom is 0.289 e. The SMILES string of the molecule is Cc1ccccc1NS(=O)(=O)c1c(C)c(C)cc2c(C)c(C(=O)N3CCCC3)oc12. The van der Waals surface area contributed by atoms with E-state index >= 15 is 0 Å². The quantitative estimate of drug-likeness (QED) is 0.656.